The lowest BCUT2D eigenvalue weighted by atomic mass is 9.75. The van der Waals surface area contributed by atoms with Gasteiger partial charge in [-0.25, -0.2) is 0 Å². The molecule has 0 saturated heterocycles. The van der Waals surface area contributed by atoms with Crippen LogP contribution in [0.5, 0.6) is 0 Å². The Morgan fingerprint density at radius 2 is 2.00 bits per heavy atom. The average Bonchev–Trinajstić information content (AvgIpc) is 2.17. The van der Waals surface area contributed by atoms with Gasteiger partial charge in [-0.2, -0.15) is 0 Å². The van der Waals surface area contributed by atoms with E-state index in [-0.39, 0.29) is 6.10 Å². The predicted molar refractivity (Wildman–Crippen MR) is 61.1 cm³/mol. The van der Waals surface area contributed by atoms with Gasteiger partial charge in [-0.15, -0.1) is 0 Å². The summed E-state index contributed by atoms with van der Waals surface area (Å²) in [5.74, 6) is 1.53. The Labute approximate surface area is 88.2 Å². The van der Waals surface area contributed by atoms with Crippen LogP contribution < -0.4 is 0 Å². The highest BCUT2D eigenvalue weighted by Gasteiger charge is 2.30. The van der Waals surface area contributed by atoms with Crippen LogP contribution in [0.2, 0.25) is 0 Å². The highest BCUT2D eigenvalue weighted by Crippen LogP contribution is 2.35. The van der Waals surface area contributed by atoms with E-state index in [0.29, 0.717) is 17.8 Å². The van der Waals surface area contributed by atoms with Crippen LogP contribution in [0.3, 0.4) is 0 Å². The lowest BCUT2D eigenvalue weighted by Crippen LogP contribution is -2.32. The number of rotatable bonds is 3. The normalized spacial score (nSPS) is 33.3. The number of hydrogen-bond acceptors (Lipinski definition) is 1. The van der Waals surface area contributed by atoms with Gasteiger partial charge in [0.2, 0.25) is 0 Å². The third-order valence-electron chi connectivity index (χ3n) is 3.59. The van der Waals surface area contributed by atoms with Gasteiger partial charge in [0.05, 0.1) is 6.10 Å². The van der Waals surface area contributed by atoms with E-state index in [1.54, 1.807) is 5.57 Å². The summed E-state index contributed by atoms with van der Waals surface area (Å²) in [5, 5.41) is 10.1. The van der Waals surface area contributed by atoms with Crippen LogP contribution in [0.25, 0.3) is 0 Å². The lowest BCUT2D eigenvalue weighted by Gasteiger charge is -2.34. The van der Waals surface area contributed by atoms with Gasteiger partial charge >= 0.3 is 0 Å². The second-order valence-electron chi connectivity index (χ2n) is 4.83. The molecular formula is C13H24O. The molecule has 0 aromatic heterocycles. The fourth-order valence-electron chi connectivity index (χ4n) is 2.39. The van der Waals surface area contributed by atoms with E-state index in [2.05, 4.69) is 33.8 Å². The second-order valence-corrected chi connectivity index (χ2v) is 4.83. The van der Waals surface area contributed by atoms with Crippen LogP contribution >= 0.6 is 0 Å². The Bertz CT molecular complexity index is 205. The summed E-state index contributed by atoms with van der Waals surface area (Å²) in [6.07, 6.45) is 5.48. The zero-order valence-corrected chi connectivity index (χ0v) is 9.96. The van der Waals surface area contributed by atoms with Crippen molar-refractivity contribution < 1.29 is 5.11 Å². The number of aliphatic hydroxyl groups excluding tert-OH is 1. The Kier molecular flexibility index (Phi) is 4.18. The van der Waals surface area contributed by atoms with E-state index < -0.39 is 0 Å². The maximum atomic E-state index is 10.1. The minimum atomic E-state index is -0.104. The summed E-state index contributed by atoms with van der Waals surface area (Å²) in [7, 11) is 0. The van der Waals surface area contributed by atoms with Crippen molar-refractivity contribution in [2.45, 2.75) is 53.1 Å². The largest absolute Gasteiger partial charge is 0.392 e. The molecule has 3 atom stereocenters. The molecule has 1 nitrogen and oxygen atoms in total. The van der Waals surface area contributed by atoms with Crippen LogP contribution in [-0.2, 0) is 0 Å². The van der Waals surface area contributed by atoms with E-state index in [1.807, 2.05) is 0 Å². The molecular weight excluding hydrogens is 172 g/mol. The van der Waals surface area contributed by atoms with E-state index in [0.717, 1.165) is 19.3 Å². The molecule has 0 fully saturated rings. The Hall–Kier alpha value is -0.300. The first kappa shape index (κ1) is 11.8. The monoisotopic (exact) mass is 196 g/mol. The van der Waals surface area contributed by atoms with Gasteiger partial charge < -0.3 is 5.11 Å². The summed E-state index contributed by atoms with van der Waals surface area (Å²) < 4.78 is 0. The zero-order chi connectivity index (χ0) is 10.7. The third-order valence-corrected chi connectivity index (χ3v) is 3.59. The van der Waals surface area contributed by atoms with Crippen molar-refractivity contribution >= 4 is 0 Å². The van der Waals surface area contributed by atoms with Gasteiger partial charge in [-0.1, -0.05) is 45.8 Å². The molecule has 82 valence electrons. The molecule has 1 N–H and O–H groups in total. The first-order chi connectivity index (χ1) is 6.60. The molecule has 3 unspecified atom stereocenters. The summed E-state index contributed by atoms with van der Waals surface area (Å²) in [5.41, 5.74) is 1.55. The summed E-state index contributed by atoms with van der Waals surface area (Å²) in [4.78, 5) is 0. The van der Waals surface area contributed by atoms with E-state index in [4.69, 9.17) is 0 Å². The Morgan fingerprint density at radius 3 is 2.43 bits per heavy atom. The predicted octanol–water partition coefficient (Wildman–Crippen LogP) is 3.39. The van der Waals surface area contributed by atoms with Crippen molar-refractivity contribution in [1.82, 2.24) is 0 Å². The summed E-state index contributed by atoms with van der Waals surface area (Å²) in [6, 6.07) is 0. The van der Waals surface area contributed by atoms with Crippen LogP contribution in [0.1, 0.15) is 47.0 Å². The van der Waals surface area contributed by atoms with E-state index in [1.165, 1.54) is 0 Å². The minimum absolute atomic E-state index is 0.104. The van der Waals surface area contributed by atoms with E-state index in [9.17, 15) is 5.11 Å². The molecule has 0 radical (unpaired) electrons. The van der Waals surface area contributed by atoms with Gasteiger partial charge in [-0.3, -0.25) is 0 Å². The molecule has 1 aliphatic carbocycles. The van der Waals surface area contributed by atoms with Gasteiger partial charge in [-0.05, 0) is 24.7 Å². The highest BCUT2D eigenvalue weighted by molar-refractivity contribution is 5.14. The van der Waals surface area contributed by atoms with Crippen molar-refractivity contribution in [3.8, 4) is 0 Å². The van der Waals surface area contributed by atoms with Gasteiger partial charge in [0, 0.05) is 5.92 Å². The molecule has 0 bridgehead atoms. The van der Waals surface area contributed by atoms with Gasteiger partial charge in [0.25, 0.3) is 0 Å². The Morgan fingerprint density at radius 1 is 1.36 bits per heavy atom. The zero-order valence-electron chi connectivity index (χ0n) is 9.96. The molecule has 0 saturated carbocycles. The maximum absolute atomic E-state index is 10.1. The fraction of sp³-hybridized carbons (Fsp3) is 0.846. The van der Waals surface area contributed by atoms with Crippen molar-refractivity contribution in [2.24, 2.45) is 17.8 Å². The average molecular weight is 196 g/mol. The fourth-order valence-corrected chi connectivity index (χ4v) is 2.39. The number of aliphatic hydroxyl groups is 1. The third kappa shape index (κ3) is 2.38. The molecule has 0 aliphatic heterocycles. The summed E-state index contributed by atoms with van der Waals surface area (Å²) in [6.45, 7) is 8.86. The van der Waals surface area contributed by atoms with Crippen LogP contribution in [0.4, 0.5) is 0 Å². The topological polar surface area (TPSA) is 20.2 Å². The molecule has 0 amide bonds. The van der Waals surface area contributed by atoms with Crippen LogP contribution in [0, 0.1) is 17.8 Å². The van der Waals surface area contributed by atoms with Crippen molar-refractivity contribution in [3.63, 3.8) is 0 Å². The smallest absolute Gasteiger partial charge is 0.0633 e. The second kappa shape index (κ2) is 4.97. The first-order valence-electron chi connectivity index (χ1n) is 5.98. The van der Waals surface area contributed by atoms with Crippen molar-refractivity contribution in [2.75, 3.05) is 0 Å². The number of hydrogen-bond donors (Lipinski definition) is 1. The molecule has 0 spiro atoms. The molecule has 1 rings (SSSR count). The van der Waals surface area contributed by atoms with Gasteiger partial charge in [0.1, 0.15) is 0 Å². The SMILES string of the molecule is CCC1C=C(C(C)C)CC(CC)C1O. The van der Waals surface area contributed by atoms with Crippen molar-refractivity contribution in [1.29, 1.82) is 0 Å². The molecule has 0 aromatic rings. The standard InChI is InChI=1S/C13H24O/c1-5-10-7-12(9(3)4)8-11(6-2)13(10)14/h7,9-11,13-14H,5-6,8H2,1-4H3. The minimum Gasteiger partial charge on any atom is -0.392 e. The quantitative estimate of drug-likeness (QED) is 0.686. The van der Waals surface area contributed by atoms with Crippen LogP contribution in [-0.4, -0.2) is 11.2 Å². The first-order valence-corrected chi connectivity index (χ1v) is 5.98. The summed E-state index contributed by atoms with van der Waals surface area (Å²) >= 11 is 0. The maximum Gasteiger partial charge on any atom is 0.0633 e. The highest BCUT2D eigenvalue weighted by atomic mass is 16.3. The van der Waals surface area contributed by atoms with Gasteiger partial charge in [0.15, 0.2) is 0 Å². The van der Waals surface area contributed by atoms with Crippen molar-refractivity contribution in [3.05, 3.63) is 11.6 Å². The molecule has 0 aromatic carbocycles. The lowest BCUT2D eigenvalue weighted by molar-refractivity contribution is 0.0552. The molecule has 14 heavy (non-hydrogen) atoms. The number of allylic oxidation sites excluding steroid dienone is 1. The molecule has 0 heterocycles. The molecule has 1 heteroatoms. The molecule has 1 aliphatic rings. The Balaban J connectivity index is 2.80. The van der Waals surface area contributed by atoms with E-state index >= 15 is 0 Å². The van der Waals surface area contributed by atoms with Crippen LogP contribution in [0.15, 0.2) is 11.6 Å².